The van der Waals surface area contributed by atoms with Gasteiger partial charge in [0.1, 0.15) is 17.4 Å². The van der Waals surface area contributed by atoms with Crippen molar-refractivity contribution in [1.29, 1.82) is 5.26 Å². The summed E-state index contributed by atoms with van der Waals surface area (Å²) in [6.07, 6.45) is 1.39. The van der Waals surface area contributed by atoms with Crippen molar-refractivity contribution in [1.82, 2.24) is 4.98 Å². The zero-order valence-electron chi connectivity index (χ0n) is 16.3. The summed E-state index contributed by atoms with van der Waals surface area (Å²) in [6.45, 7) is 1.45. The van der Waals surface area contributed by atoms with Crippen LogP contribution in [-0.4, -0.2) is 23.9 Å². The van der Waals surface area contributed by atoms with Gasteiger partial charge in [0.2, 0.25) is 5.91 Å². The van der Waals surface area contributed by atoms with Crippen molar-refractivity contribution < 1.29 is 14.3 Å². The van der Waals surface area contributed by atoms with Crippen molar-refractivity contribution in [2.75, 3.05) is 17.3 Å². The number of nitrogens with zero attached hydrogens (tertiary/aromatic N) is 3. The number of nitrogens with one attached hydrogen (secondary N) is 1. The van der Waals surface area contributed by atoms with Crippen molar-refractivity contribution >= 4 is 45.7 Å². The fourth-order valence-electron chi connectivity index (χ4n) is 2.62. The van der Waals surface area contributed by atoms with Crippen molar-refractivity contribution in [2.45, 2.75) is 6.92 Å². The molecule has 0 atom stereocenters. The Kier molecular flexibility index (Phi) is 6.57. The van der Waals surface area contributed by atoms with Gasteiger partial charge in [-0.15, -0.1) is 11.3 Å². The van der Waals surface area contributed by atoms with Crippen LogP contribution in [0.25, 0.3) is 6.08 Å². The molecule has 0 bridgehead atoms. The van der Waals surface area contributed by atoms with E-state index in [0.717, 1.165) is 0 Å². The molecule has 0 unspecified atom stereocenters. The van der Waals surface area contributed by atoms with Crippen molar-refractivity contribution in [3.8, 4) is 11.8 Å². The minimum absolute atomic E-state index is 0.100. The number of carbonyl (C=O) groups is 2. The molecule has 1 aromatic heterocycles. The Balaban J connectivity index is 1.81. The van der Waals surface area contributed by atoms with E-state index in [9.17, 15) is 14.9 Å². The smallest absolute Gasteiger partial charge is 0.266 e. The fraction of sp³-hybridized carbons (Fsp3) is 0.0909. The summed E-state index contributed by atoms with van der Waals surface area (Å²) in [5.74, 6) is -0.0833. The molecule has 0 saturated heterocycles. The summed E-state index contributed by atoms with van der Waals surface area (Å²) < 4.78 is 5.08. The number of rotatable bonds is 6. The number of hydrogen-bond donors (Lipinski definition) is 1. The maximum Gasteiger partial charge on any atom is 0.266 e. The Morgan fingerprint density at radius 1 is 1.17 bits per heavy atom. The predicted molar refractivity (Wildman–Crippen MR) is 117 cm³/mol. The van der Waals surface area contributed by atoms with Crippen LogP contribution in [0.1, 0.15) is 12.6 Å². The molecule has 1 heterocycles. The molecule has 3 rings (SSSR count). The molecule has 7 nitrogen and oxygen atoms in total. The third kappa shape index (κ3) is 4.90. The second kappa shape index (κ2) is 9.49. The van der Waals surface area contributed by atoms with Gasteiger partial charge in [-0.05, 0) is 42.5 Å². The van der Waals surface area contributed by atoms with Gasteiger partial charge in [-0.3, -0.25) is 14.5 Å². The van der Waals surface area contributed by atoms with Crippen molar-refractivity contribution in [2.24, 2.45) is 0 Å². The first kappa shape index (κ1) is 20.8. The molecule has 0 radical (unpaired) electrons. The zero-order chi connectivity index (χ0) is 21.5. The predicted octanol–water partition coefficient (Wildman–Crippen LogP) is 4.38. The van der Waals surface area contributed by atoms with E-state index in [0.29, 0.717) is 27.9 Å². The molecular weight excluding hydrogens is 400 g/mol. The number of thiazole rings is 1. The van der Waals surface area contributed by atoms with E-state index in [2.05, 4.69) is 10.3 Å². The van der Waals surface area contributed by atoms with Crippen LogP contribution < -0.4 is 15.0 Å². The molecule has 30 heavy (non-hydrogen) atoms. The third-order valence-corrected chi connectivity index (χ3v) is 4.88. The highest BCUT2D eigenvalue weighted by Crippen LogP contribution is 2.29. The lowest BCUT2D eigenvalue weighted by Gasteiger charge is -2.17. The van der Waals surface area contributed by atoms with Gasteiger partial charge in [0.25, 0.3) is 5.91 Å². The molecule has 2 amide bonds. The average Bonchev–Trinajstić information content (AvgIpc) is 3.21. The van der Waals surface area contributed by atoms with Gasteiger partial charge in [0, 0.05) is 18.0 Å². The Hall–Kier alpha value is -3.96. The highest BCUT2D eigenvalue weighted by Gasteiger charge is 2.18. The molecule has 0 aliphatic rings. The summed E-state index contributed by atoms with van der Waals surface area (Å²) >= 11 is 1.25. The Bertz CT molecular complexity index is 1120. The first-order valence-electron chi connectivity index (χ1n) is 8.90. The maximum atomic E-state index is 12.5. The molecule has 0 saturated carbocycles. The van der Waals surface area contributed by atoms with Crippen LogP contribution in [0.2, 0.25) is 0 Å². The van der Waals surface area contributed by atoms with Gasteiger partial charge in [-0.25, -0.2) is 4.98 Å². The van der Waals surface area contributed by atoms with Crippen molar-refractivity contribution in [3.63, 3.8) is 0 Å². The first-order chi connectivity index (χ1) is 14.5. The number of hydrogen-bond acceptors (Lipinski definition) is 6. The standard InChI is InChI=1S/C22H18N4O3S/c1-15(27)26(19-6-4-3-5-7-19)22-25-18(14-30-22)12-16(13-23)21(28)24-17-8-10-20(29-2)11-9-17/h3-12,14H,1-2H3,(H,24,28)/b16-12+. The minimum Gasteiger partial charge on any atom is -0.497 e. The maximum absolute atomic E-state index is 12.5. The molecule has 0 aliphatic carbocycles. The van der Waals surface area contributed by atoms with Gasteiger partial charge in [0.05, 0.1) is 18.5 Å². The van der Waals surface area contributed by atoms with Gasteiger partial charge in [0.15, 0.2) is 5.13 Å². The lowest BCUT2D eigenvalue weighted by Crippen LogP contribution is -2.22. The molecule has 150 valence electrons. The van der Waals surface area contributed by atoms with Crippen LogP contribution >= 0.6 is 11.3 Å². The van der Waals surface area contributed by atoms with Crippen LogP contribution in [-0.2, 0) is 9.59 Å². The number of ether oxygens (including phenoxy) is 1. The summed E-state index contributed by atoms with van der Waals surface area (Å²) in [7, 11) is 1.55. The van der Waals surface area contributed by atoms with E-state index < -0.39 is 5.91 Å². The van der Waals surface area contributed by atoms with Crippen LogP contribution in [0.15, 0.2) is 65.6 Å². The molecule has 0 fully saturated rings. The number of anilines is 3. The summed E-state index contributed by atoms with van der Waals surface area (Å²) in [5, 5.41) is 14.2. The number of methoxy groups -OCH3 is 1. The quantitative estimate of drug-likeness (QED) is 0.473. The number of benzene rings is 2. The van der Waals surface area contributed by atoms with Gasteiger partial charge in [-0.2, -0.15) is 5.26 Å². The monoisotopic (exact) mass is 418 g/mol. The van der Waals surface area contributed by atoms with E-state index in [1.54, 1.807) is 48.9 Å². The lowest BCUT2D eigenvalue weighted by molar-refractivity contribution is -0.116. The van der Waals surface area contributed by atoms with E-state index in [-0.39, 0.29) is 11.5 Å². The second-order valence-corrected chi connectivity index (χ2v) is 6.93. The number of nitriles is 1. The minimum atomic E-state index is -0.552. The van der Waals surface area contributed by atoms with E-state index in [4.69, 9.17) is 4.74 Å². The highest BCUT2D eigenvalue weighted by atomic mass is 32.1. The van der Waals surface area contributed by atoms with Gasteiger partial charge in [-0.1, -0.05) is 18.2 Å². The van der Waals surface area contributed by atoms with E-state index in [1.807, 2.05) is 24.3 Å². The van der Waals surface area contributed by atoms with Crippen LogP contribution in [0.3, 0.4) is 0 Å². The van der Waals surface area contributed by atoms with Gasteiger partial charge < -0.3 is 10.1 Å². The summed E-state index contributed by atoms with van der Waals surface area (Å²) in [6, 6.07) is 17.8. The molecule has 1 N–H and O–H groups in total. The van der Waals surface area contributed by atoms with Crippen LogP contribution in [0, 0.1) is 11.3 Å². The molecule has 0 aliphatic heterocycles. The first-order valence-corrected chi connectivity index (χ1v) is 9.78. The Morgan fingerprint density at radius 3 is 2.47 bits per heavy atom. The summed E-state index contributed by atoms with van der Waals surface area (Å²) in [5.41, 5.74) is 1.54. The molecular formula is C22H18N4O3S. The molecule has 8 heteroatoms. The Morgan fingerprint density at radius 2 is 1.87 bits per heavy atom. The van der Waals surface area contributed by atoms with Gasteiger partial charge >= 0.3 is 0 Å². The average molecular weight is 418 g/mol. The van der Waals surface area contributed by atoms with Crippen LogP contribution in [0.4, 0.5) is 16.5 Å². The lowest BCUT2D eigenvalue weighted by atomic mass is 10.2. The zero-order valence-corrected chi connectivity index (χ0v) is 17.1. The summed E-state index contributed by atoms with van der Waals surface area (Å²) in [4.78, 5) is 30.5. The van der Waals surface area contributed by atoms with E-state index >= 15 is 0 Å². The molecule has 3 aromatic rings. The topological polar surface area (TPSA) is 95.3 Å². The normalized spacial score (nSPS) is 10.8. The fourth-order valence-corrected chi connectivity index (χ4v) is 3.46. The third-order valence-electron chi connectivity index (χ3n) is 4.04. The number of aromatic nitrogens is 1. The molecule has 0 spiro atoms. The van der Waals surface area contributed by atoms with Crippen molar-refractivity contribution in [3.05, 3.63) is 71.2 Å². The van der Waals surface area contributed by atoms with Crippen LogP contribution in [0.5, 0.6) is 5.75 Å². The highest BCUT2D eigenvalue weighted by molar-refractivity contribution is 7.14. The largest absolute Gasteiger partial charge is 0.497 e. The van der Waals surface area contributed by atoms with E-state index in [1.165, 1.54) is 29.2 Å². The number of para-hydroxylation sites is 1. The number of carbonyl (C=O) groups excluding carboxylic acids is 2. The molecule has 2 aromatic carbocycles. The Labute approximate surface area is 177 Å². The number of amides is 2. The second-order valence-electron chi connectivity index (χ2n) is 6.10. The SMILES string of the molecule is COc1ccc(NC(=O)/C(C#N)=C/c2csc(N(C(C)=O)c3ccccc3)n2)cc1.